The summed E-state index contributed by atoms with van der Waals surface area (Å²) < 4.78 is 4.98. The number of amides is 2. The van der Waals surface area contributed by atoms with Crippen LogP contribution in [0.3, 0.4) is 0 Å². The fraction of sp³-hybridized carbons (Fsp3) is 0.526. The predicted molar refractivity (Wildman–Crippen MR) is 97.8 cm³/mol. The second kappa shape index (κ2) is 9.91. The fourth-order valence-corrected chi connectivity index (χ4v) is 2.89. The van der Waals surface area contributed by atoms with Crippen molar-refractivity contribution in [3.8, 4) is 0 Å². The van der Waals surface area contributed by atoms with Crippen LogP contribution in [-0.2, 0) is 20.7 Å². The van der Waals surface area contributed by atoms with E-state index in [1.165, 1.54) is 6.92 Å². The summed E-state index contributed by atoms with van der Waals surface area (Å²) in [5.41, 5.74) is 1.01. The first-order chi connectivity index (χ1) is 12.5. The van der Waals surface area contributed by atoms with Gasteiger partial charge in [0.2, 0.25) is 5.91 Å². The number of Topliss-reactive ketones (excluding diaryl/α,β-unsaturated/α-hetero) is 1. The Kier molecular flexibility index (Phi) is 7.59. The van der Waals surface area contributed by atoms with Crippen LogP contribution in [-0.4, -0.2) is 73.0 Å². The van der Waals surface area contributed by atoms with Gasteiger partial charge in [-0.3, -0.25) is 14.5 Å². The van der Waals surface area contributed by atoms with Crippen LogP contribution in [0.1, 0.15) is 19.4 Å². The number of carbonyl (C=O) groups is 3. The Balaban J connectivity index is 1.80. The lowest BCUT2D eigenvalue weighted by Crippen LogP contribution is -2.52. The highest BCUT2D eigenvalue weighted by Crippen LogP contribution is 2.06. The zero-order valence-corrected chi connectivity index (χ0v) is 15.4. The SMILES string of the molecule is CCOC(=O)N1CCN(CC(=O)N[C@H](Cc2ccccc2)C(C)=O)CC1. The van der Waals surface area contributed by atoms with Crippen LogP contribution in [0.5, 0.6) is 0 Å². The van der Waals surface area contributed by atoms with E-state index in [1.54, 1.807) is 11.8 Å². The second-order valence-electron chi connectivity index (χ2n) is 6.38. The van der Waals surface area contributed by atoms with Crippen molar-refractivity contribution in [2.75, 3.05) is 39.3 Å². The van der Waals surface area contributed by atoms with E-state index in [0.717, 1.165) is 5.56 Å². The largest absolute Gasteiger partial charge is 0.450 e. The second-order valence-corrected chi connectivity index (χ2v) is 6.38. The van der Waals surface area contributed by atoms with Crippen LogP contribution < -0.4 is 5.32 Å². The van der Waals surface area contributed by atoms with Crippen LogP contribution in [0.15, 0.2) is 30.3 Å². The average molecular weight is 361 g/mol. The van der Waals surface area contributed by atoms with Gasteiger partial charge in [-0.2, -0.15) is 0 Å². The third-order valence-electron chi connectivity index (χ3n) is 4.37. The lowest BCUT2D eigenvalue weighted by molar-refractivity contribution is -0.127. The van der Waals surface area contributed by atoms with Crippen molar-refractivity contribution in [1.29, 1.82) is 0 Å². The van der Waals surface area contributed by atoms with Gasteiger partial charge >= 0.3 is 6.09 Å². The van der Waals surface area contributed by atoms with Crippen molar-refractivity contribution in [3.05, 3.63) is 35.9 Å². The topological polar surface area (TPSA) is 79.0 Å². The highest BCUT2D eigenvalue weighted by atomic mass is 16.6. The Hall–Kier alpha value is -2.41. The molecule has 1 fully saturated rings. The lowest BCUT2D eigenvalue weighted by atomic mass is 10.0. The van der Waals surface area contributed by atoms with Gasteiger partial charge in [-0.1, -0.05) is 30.3 Å². The molecule has 0 spiro atoms. The molecule has 142 valence electrons. The molecule has 26 heavy (non-hydrogen) atoms. The molecule has 0 radical (unpaired) electrons. The molecule has 0 bridgehead atoms. The van der Waals surface area contributed by atoms with Crippen molar-refractivity contribution >= 4 is 17.8 Å². The molecule has 2 rings (SSSR count). The Morgan fingerprint density at radius 2 is 1.77 bits per heavy atom. The van der Waals surface area contributed by atoms with E-state index in [-0.39, 0.29) is 24.3 Å². The van der Waals surface area contributed by atoms with Crippen LogP contribution in [0.25, 0.3) is 0 Å². The predicted octanol–water partition coefficient (Wildman–Crippen LogP) is 1.08. The van der Waals surface area contributed by atoms with Crippen LogP contribution >= 0.6 is 0 Å². The number of hydrogen-bond donors (Lipinski definition) is 1. The van der Waals surface area contributed by atoms with Gasteiger partial charge in [0.1, 0.15) is 0 Å². The Morgan fingerprint density at radius 1 is 1.12 bits per heavy atom. The summed E-state index contributed by atoms with van der Waals surface area (Å²) in [5.74, 6) is -0.236. The van der Waals surface area contributed by atoms with E-state index < -0.39 is 6.04 Å². The monoisotopic (exact) mass is 361 g/mol. The summed E-state index contributed by atoms with van der Waals surface area (Å²) in [5, 5.41) is 2.83. The molecule has 1 aliphatic heterocycles. The van der Waals surface area contributed by atoms with Crippen LogP contribution in [0.4, 0.5) is 4.79 Å². The van der Waals surface area contributed by atoms with E-state index in [0.29, 0.717) is 39.2 Å². The van der Waals surface area contributed by atoms with E-state index >= 15 is 0 Å². The minimum atomic E-state index is -0.522. The molecule has 1 N–H and O–H groups in total. The molecule has 1 heterocycles. The van der Waals surface area contributed by atoms with E-state index in [1.807, 2.05) is 35.2 Å². The molecular weight excluding hydrogens is 334 g/mol. The van der Waals surface area contributed by atoms with Crippen molar-refractivity contribution in [2.24, 2.45) is 0 Å². The summed E-state index contributed by atoms with van der Waals surface area (Å²) in [4.78, 5) is 39.5. The number of carbonyl (C=O) groups excluding carboxylic acids is 3. The number of rotatable bonds is 7. The molecule has 0 aliphatic carbocycles. The molecule has 0 saturated carbocycles. The standard InChI is InChI=1S/C19H27N3O4/c1-3-26-19(25)22-11-9-21(10-12-22)14-18(24)20-17(15(2)23)13-16-7-5-4-6-8-16/h4-8,17H,3,9-14H2,1-2H3,(H,20,24)/t17-/m1/s1. The summed E-state index contributed by atoms with van der Waals surface area (Å²) in [7, 11) is 0. The number of ketones is 1. The number of piperazine rings is 1. The first kappa shape index (κ1) is 19.9. The van der Waals surface area contributed by atoms with E-state index in [2.05, 4.69) is 5.32 Å². The van der Waals surface area contributed by atoms with Crippen molar-refractivity contribution < 1.29 is 19.1 Å². The van der Waals surface area contributed by atoms with E-state index in [9.17, 15) is 14.4 Å². The van der Waals surface area contributed by atoms with Crippen LogP contribution in [0, 0.1) is 0 Å². The van der Waals surface area contributed by atoms with Gasteiger partial charge in [-0.25, -0.2) is 4.79 Å². The zero-order chi connectivity index (χ0) is 18.9. The highest BCUT2D eigenvalue weighted by molar-refractivity contribution is 5.88. The highest BCUT2D eigenvalue weighted by Gasteiger charge is 2.24. The minimum Gasteiger partial charge on any atom is -0.450 e. The summed E-state index contributed by atoms with van der Waals surface area (Å²) in [6, 6.07) is 9.11. The molecule has 2 amide bonds. The number of hydrogen-bond acceptors (Lipinski definition) is 5. The number of benzene rings is 1. The molecule has 7 heteroatoms. The summed E-state index contributed by atoms with van der Waals surface area (Å²) in [6.45, 7) is 6.12. The molecule has 1 atom stereocenters. The van der Waals surface area contributed by atoms with Gasteiger partial charge in [0.05, 0.1) is 19.2 Å². The Morgan fingerprint density at radius 3 is 2.35 bits per heavy atom. The Bertz CT molecular complexity index is 612. The number of nitrogens with one attached hydrogen (secondary N) is 1. The summed E-state index contributed by atoms with van der Waals surface area (Å²) >= 11 is 0. The number of nitrogens with zero attached hydrogens (tertiary/aromatic N) is 2. The fourth-order valence-electron chi connectivity index (χ4n) is 2.89. The Labute approximate surface area is 154 Å². The van der Waals surface area contributed by atoms with Crippen molar-refractivity contribution in [2.45, 2.75) is 26.3 Å². The van der Waals surface area contributed by atoms with Crippen molar-refractivity contribution in [1.82, 2.24) is 15.1 Å². The molecule has 0 unspecified atom stereocenters. The maximum Gasteiger partial charge on any atom is 0.409 e. The molecule has 1 saturated heterocycles. The molecule has 0 aromatic heterocycles. The summed E-state index contributed by atoms with van der Waals surface area (Å²) in [6.07, 6.45) is 0.176. The van der Waals surface area contributed by atoms with E-state index in [4.69, 9.17) is 4.74 Å². The first-order valence-electron chi connectivity index (χ1n) is 8.97. The maximum absolute atomic E-state index is 12.3. The molecule has 1 aliphatic rings. The van der Waals surface area contributed by atoms with Crippen LogP contribution in [0.2, 0.25) is 0 Å². The third kappa shape index (κ3) is 6.15. The van der Waals surface area contributed by atoms with Gasteiger partial charge in [0.15, 0.2) is 5.78 Å². The van der Waals surface area contributed by atoms with Gasteiger partial charge in [0.25, 0.3) is 0 Å². The molecule has 1 aromatic carbocycles. The van der Waals surface area contributed by atoms with Gasteiger partial charge in [-0.05, 0) is 25.8 Å². The molecule has 7 nitrogen and oxygen atoms in total. The molecular formula is C19H27N3O4. The smallest absolute Gasteiger partial charge is 0.409 e. The average Bonchev–Trinajstić information content (AvgIpc) is 2.62. The zero-order valence-electron chi connectivity index (χ0n) is 15.4. The maximum atomic E-state index is 12.3. The van der Waals surface area contributed by atoms with Gasteiger partial charge in [0, 0.05) is 26.2 Å². The lowest BCUT2D eigenvalue weighted by Gasteiger charge is -2.33. The molecule has 1 aromatic rings. The normalized spacial score (nSPS) is 16.0. The van der Waals surface area contributed by atoms with Gasteiger partial charge in [-0.15, -0.1) is 0 Å². The minimum absolute atomic E-state index is 0.0608. The third-order valence-corrected chi connectivity index (χ3v) is 4.37. The quantitative estimate of drug-likeness (QED) is 0.786. The number of ether oxygens (including phenoxy) is 1. The van der Waals surface area contributed by atoms with Gasteiger partial charge < -0.3 is 15.0 Å². The first-order valence-corrected chi connectivity index (χ1v) is 8.97. The van der Waals surface area contributed by atoms with Crippen molar-refractivity contribution in [3.63, 3.8) is 0 Å².